The van der Waals surface area contributed by atoms with E-state index in [1.54, 1.807) is 0 Å². The van der Waals surface area contributed by atoms with Crippen molar-refractivity contribution in [3.63, 3.8) is 0 Å². The molecule has 3 rings (SSSR count). The Morgan fingerprint density at radius 2 is 2.09 bits per heavy atom. The number of likely N-dealkylation sites (tertiary alicyclic amines) is 1. The van der Waals surface area contributed by atoms with Crippen LogP contribution >= 0.6 is 11.3 Å². The smallest absolute Gasteiger partial charge is 0.263 e. The van der Waals surface area contributed by atoms with E-state index < -0.39 is 0 Å². The molecule has 0 spiro atoms. The van der Waals surface area contributed by atoms with Gasteiger partial charge in [0.1, 0.15) is 0 Å². The third-order valence-electron chi connectivity index (χ3n) is 4.38. The van der Waals surface area contributed by atoms with Crippen LogP contribution < -0.4 is 5.32 Å². The van der Waals surface area contributed by atoms with E-state index >= 15 is 0 Å². The quantitative estimate of drug-likeness (QED) is 0.924. The molecule has 0 aliphatic carbocycles. The maximum Gasteiger partial charge on any atom is 0.263 e. The van der Waals surface area contributed by atoms with Crippen LogP contribution in [0.25, 0.3) is 0 Å². The van der Waals surface area contributed by atoms with Crippen LogP contribution in [0.1, 0.15) is 35.4 Å². The van der Waals surface area contributed by atoms with Gasteiger partial charge in [0.25, 0.3) is 5.91 Å². The maximum absolute atomic E-state index is 12.4. The van der Waals surface area contributed by atoms with Crippen LogP contribution in [-0.4, -0.2) is 49.1 Å². The van der Waals surface area contributed by atoms with Crippen LogP contribution in [0.5, 0.6) is 0 Å². The Morgan fingerprint density at radius 1 is 1.27 bits per heavy atom. The maximum atomic E-state index is 12.4. The second-order valence-electron chi connectivity index (χ2n) is 5.96. The molecule has 2 fully saturated rings. The van der Waals surface area contributed by atoms with E-state index in [0.29, 0.717) is 19.8 Å². The number of carbonyl (C=O) groups excluding carboxylic acids is 2. The van der Waals surface area contributed by atoms with Gasteiger partial charge in [-0.3, -0.25) is 9.59 Å². The van der Waals surface area contributed by atoms with Gasteiger partial charge < -0.3 is 15.0 Å². The largest absolute Gasteiger partial charge is 0.381 e. The van der Waals surface area contributed by atoms with Crippen molar-refractivity contribution in [2.45, 2.75) is 31.7 Å². The van der Waals surface area contributed by atoms with Crippen molar-refractivity contribution < 1.29 is 14.3 Å². The highest BCUT2D eigenvalue weighted by Gasteiger charge is 2.28. The third-order valence-corrected chi connectivity index (χ3v) is 5.24. The molecule has 0 bridgehead atoms. The van der Waals surface area contributed by atoms with E-state index in [1.807, 2.05) is 22.4 Å². The number of thiophene rings is 1. The number of nitrogens with one attached hydrogen (secondary N) is 1. The lowest BCUT2D eigenvalue weighted by molar-refractivity contribution is -0.128. The minimum atomic E-state index is 0.0668. The molecular formula is C16H22N2O3S. The first-order valence-electron chi connectivity index (χ1n) is 7.95. The van der Waals surface area contributed by atoms with Gasteiger partial charge in [0, 0.05) is 38.3 Å². The molecule has 2 aliphatic rings. The molecule has 1 atom stereocenters. The Morgan fingerprint density at radius 3 is 2.82 bits per heavy atom. The summed E-state index contributed by atoms with van der Waals surface area (Å²) in [7, 11) is 0. The fraction of sp³-hybridized carbons (Fsp3) is 0.625. The normalized spacial score (nSPS) is 23.3. The molecule has 5 nitrogen and oxygen atoms in total. The van der Waals surface area contributed by atoms with Gasteiger partial charge in [0.05, 0.1) is 4.88 Å². The summed E-state index contributed by atoms with van der Waals surface area (Å²) < 4.78 is 5.30. The Kier molecular flexibility index (Phi) is 5.10. The number of hydrogen-bond donors (Lipinski definition) is 1. The first-order valence-corrected chi connectivity index (χ1v) is 8.83. The van der Waals surface area contributed by atoms with Crippen LogP contribution in [0, 0.1) is 5.92 Å². The molecule has 0 aromatic carbocycles. The lowest BCUT2D eigenvalue weighted by atomic mass is 9.98. The molecule has 1 aromatic heterocycles. The summed E-state index contributed by atoms with van der Waals surface area (Å²) in [6, 6.07) is 3.83. The summed E-state index contributed by atoms with van der Waals surface area (Å²) in [6.45, 7) is 2.74. The average Bonchev–Trinajstić information content (AvgIpc) is 3.09. The van der Waals surface area contributed by atoms with E-state index in [-0.39, 0.29) is 23.8 Å². The molecule has 0 unspecified atom stereocenters. The predicted molar refractivity (Wildman–Crippen MR) is 84.9 cm³/mol. The van der Waals surface area contributed by atoms with Crippen LogP contribution in [0.15, 0.2) is 17.5 Å². The van der Waals surface area contributed by atoms with Crippen molar-refractivity contribution in [2.24, 2.45) is 5.92 Å². The van der Waals surface area contributed by atoms with Crippen LogP contribution in [-0.2, 0) is 9.53 Å². The Labute approximate surface area is 134 Å². The fourth-order valence-corrected chi connectivity index (χ4v) is 3.81. The highest BCUT2D eigenvalue weighted by Crippen LogP contribution is 2.19. The van der Waals surface area contributed by atoms with Crippen molar-refractivity contribution in [1.82, 2.24) is 10.2 Å². The van der Waals surface area contributed by atoms with E-state index in [4.69, 9.17) is 4.74 Å². The summed E-state index contributed by atoms with van der Waals surface area (Å²) in [5.41, 5.74) is 0. The van der Waals surface area contributed by atoms with E-state index in [2.05, 4.69) is 5.32 Å². The molecule has 2 saturated heterocycles. The summed E-state index contributed by atoms with van der Waals surface area (Å²) in [4.78, 5) is 27.3. The zero-order chi connectivity index (χ0) is 15.4. The van der Waals surface area contributed by atoms with E-state index in [1.165, 1.54) is 11.3 Å². The topological polar surface area (TPSA) is 58.6 Å². The van der Waals surface area contributed by atoms with Gasteiger partial charge in [-0.05, 0) is 37.1 Å². The van der Waals surface area contributed by atoms with Crippen molar-refractivity contribution >= 4 is 23.2 Å². The van der Waals surface area contributed by atoms with Crippen LogP contribution in [0.4, 0.5) is 0 Å². The predicted octanol–water partition coefficient (Wildman–Crippen LogP) is 1.90. The standard InChI is InChI=1S/C16H22N2O3S/c19-15(12-5-8-21-9-6-12)17-13-3-1-7-18(11-13)16(20)14-4-2-10-22-14/h2,4,10,12-13H,1,3,5-9,11H2,(H,17,19)/t13-/m1/s1. The van der Waals surface area contributed by atoms with Gasteiger partial charge in [0.15, 0.2) is 0 Å². The number of hydrogen-bond acceptors (Lipinski definition) is 4. The molecule has 1 N–H and O–H groups in total. The third kappa shape index (κ3) is 3.67. The van der Waals surface area contributed by atoms with Gasteiger partial charge in [-0.25, -0.2) is 0 Å². The van der Waals surface area contributed by atoms with Crippen molar-refractivity contribution in [1.29, 1.82) is 0 Å². The second-order valence-corrected chi connectivity index (χ2v) is 6.91. The molecule has 6 heteroatoms. The molecule has 1 aromatic rings. The fourth-order valence-electron chi connectivity index (χ4n) is 3.11. The van der Waals surface area contributed by atoms with E-state index in [0.717, 1.165) is 37.1 Å². The highest BCUT2D eigenvalue weighted by molar-refractivity contribution is 7.12. The summed E-state index contributed by atoms with van der Waals surface area (Å²) >= 11 is 1.47. The van der Waals surface area contributed by atoms with Crippen molar-refractivity contribution in [3.05, 3.63) is 22.4 Å². The number of rotatable bonds is 3. The van der Waals surface area contributed by atoms with Gasteiger partial charge >= 0.3 is 0 Å². The summed E-state index contributed by atoms with van der Waals surface area (Å²) in [6.07, 6.45) is 3.49. The molecule has 3 heterocycles. The SMILES string of the molecule is O=C(N[C@@H]1CCCN(C(=O)c2cccs2)C1)C1CCOCC1. The lowest BCUT2D eigenvalue weighted by Gasteiger charge is -2.34. The molecule has 22 heavy (non-hydrogen) atoms. The minimum Gasteiger partial charge on any atom is -0.381 e. The Hall–Kier alpha value is -1.40. The van der Waals surface area contributed by atoms with Gasteiger partial charge in [-0.2, -0.15) is 0 Å². The molecule has 0 radical (unpaired) electrons. The molecule has 120 valence electrons. The number of piperidine rings is 1. The molecule has 2 aliphatic heterocycles. The molecule has 0 saturated carbocycles. The number of carbonyl (C=O) groups is 2. The van der Waals surface area contributed by atoms with Crippen molar-refractivity contribution in [3.8, 4) is 0 Å². The summed E-state index contributed by atoms with van der Waals surface area (Å²) in [5, 5.41) is 5.05. The van der Waals surface area contributed by atoms with Crippen LogP contribution in [0.3, 0.4) is 0 Å². The number of nitrogens with zero attached hydrogens (tertiary/aromatic N) is 1. The Bertz CT molecular complexity index is 511. The highest BCUT2D eigenvalue weighted by atomic mass is 32.1. The van der Waals surface area contributed by atoms with Crippen LogP contribution in [0.2, 0.25) is 0 Å². The lowest BCUT2D eigenvalue weighted by Crippen LogP contribution is -2.51. The number of ether oxygens (including phenoxy) is 1. The van der Waals surface area contributed by atoms with Gasteiger partial charge in [-0.1, -0.05) is 6.07 Å². The molecular weight excluding hydrogens is 300 g/mol. The van der Waals surface area contributed by atoms with Gasteiger partial charge in [-0.15, -0.1) is 11.3 Å². The van der Waals surface area contributed by atoms with Crippen molar-refractivity contribution in [2.75, 3.05) is 26.3 Å². The first-order chi connectivity index (χ1) is 10.7. The number of amides is 2. The molecule has 2 amide bonds. The first kappa shape index (κ1) is 15.5. The minimum absolute atomic E-state index is 0.0668. The van der Waals surface area contributed by atoms with Gasteiger partial charge in [0.2, 0.25) is 5.91 Å². The zero-order valence-corrected chi connectivity index (χ0v) is 13.4. The average molecular weight is 322 g/mol. The Balaban J connectivity index is 1.54. The monoisotopic (exact) mass is 322 g/mol. The summed E-state index contributed by atoms with van der Waals surface area (Å²) in [5.74, 6) is 0.274. The zero-order valence-electron chi connectivity index (χ0n) is 12.6. The van der Waals surface area contributed by atoms with E-state index in [9.17, 15) is 9.59 Å². The second kappa shape index (κ2) is 7.24.